The molecule has 2 aliphatic heterocycles. The lowest BCUT2D eigenvalue weighted by atomic mass is 9.81. The molecule has 2 aromatic rings. The molecule has 1 amide bonds. The van der Waals surface area contributed by atoms with Crippen molar-refractivity contribution in [1.29, 1.82) is 0 Å². The zero-order valence-corrected chi connectivity index (χ0v) is 15.5. The molecule has 0 bridgehead atoms. The molecule has 0 spiro atoms. The molecule has 2 aromatic carbocycles. The minimum absolute atomic E-state index is 0.143. The Morgan fingerprint density at radius 2 is 1.96 bits per heavy atom. The van der Waals surface area contributed by atoms with Crippen LogP contribution in [-0.2, 0) is 4.79 Å². The van der Waals surface area contributed by atoms with Crippen LogP contribution >= 0.6 is 0 Å². The highest BCUT2D eigenvalue weighted by Crippen LogP contribution is 2.37. The summed E-state index contributed by atoms with van der Waals surface area (Å²) in [5.41, 5.74) is 6.45. The fraction of sp³-hybridized carbons (Fsp3) is 0.381. The Balaban J connectivity index is 1.48. The first-order valence-electron chi connectivity index (χ1n) is 9.37. The number of piperidine rings is 1. The number of carbonyl (C=O) groups is 1. The first-order chi connectivity index (χ1) is 13.6. The molecule has 0 unspecified atom stereocenters. The Kier molecular flexibility index (Phi) is 5.34. The van der Waals surface area contributed by atoms with E-state index in [1.807, 2.05) is 30.3 Å². The van der Waals surface area contributed by atoms with Gasteiger partial charge in [0.2, 0.25) is 12.7 Å². The minimum Gasteiger partial charge on any atom is -0.493 e. The SMILES string of the molecule is NC(=O)CN1CC[C@H](c2ccc(F)cc2)[C@@H](COc2ccc3c(c2)OCO3)C1. The second-order valence-corrected chi connectivity index (χ2v) is 7.23. The Hall–Kier alpha value is -2.80. The van der Waals surface area contributed by atoms with Crippen LogP contribution in [0, 0.1) is 11.7 Å². The molecule has 4 rings (SSSR count). The summed E-state index contributed by atoms with van der Waals surface area (Å²) >= 11 is 0. The minimum atomic E-state index is -0.337. The molecule has 28 heavy (non-hydrogen) atoms. The highest BCUT2D eigenvalue weighted by Gasteiger charge is 2.31. The van der Waals surface area contributed by atoms with Crippen LogP contribution in [-0.4, -0.2) is 43.8 Å². The molecule has 0 saturated carbocycles. The number of likely N-dealkylation sites (tertiary alicyclic amines) is 1. The molecule has 0 radical (unpaired) electrons. The van der Waals surface area contributed by atoms with Gasteiger partial charge in [0, 0.05) is 18.5 Å². The molecule has 2 atom stereocenters. The zero-order valence-electron chi connectivity index (χ0n) is 15.5. The molecule has 0 aromatic heterocycles. The Labute approximate surface area is 163 Å². The summed E-state index contributed by atoms with van der Waals surface area (Å²) in [7, 11) is 0. The summed E-state index contributed by atoms with van der Waals surface area (Å²) in [5, 5.41) is 0. The zero-order chi connectivity index (χ0) is 19.5. The van der Waals surface area contributed by atoms with Crippen molar-refractivity contribution in [2.45, 2.75) is 12.3 Å². The van der Waals surface area contributed by atoms with E-state index < -0.39 is 0 Å². The van der Waals surface area contributed by atoms with Crippen molar-refractivity contribution in [2.75, 3.05) is 33.0 Å². The molecule has 2 aliphatic rings. The van der Waals surface area contributed by atoms with Gasteiger partial charge in [-0.15, -0.1) is 0 Å². The topological polar surface area (TPSA) is 74.0 Å². The molecule has 1 fully saturated rings. The third-order valence-corrected chi connectivity index (χ3v) is 5.30. The maximum atomic E-state index is 13.3. The van der Waals surface area contributed by atoms with Crippen LogP contribution in [0.5, 0.6) is 17.2 Å². The maximum absolute atomic E-state index is 13.3. The van der Waals surface area contributed by atoms with Gasteiger partial charge in [0.15, 0.2) is 11.5 Å². The van der Waals surface area contributed by atoms with Gasteiger partial charge in [-0.1, -0.05) is 12.1 Å². The average Bonchev–Trinajstić information content (AvgIpc) is 3.15. The van der Waals surface area contributed by atoms with Crippen LogP contribution in [0.1, 0.15) is 17.9 Å². The van der Waals surface area contributed by atoms with Crippen LogP contribution in [0.3, 0.4) is 0 Å². The predicted molar refractivity (Wildman–Crippen MR) is 101 cm³/mol. The van der Waals surface area contributed by atoms with E-state index in [4.69, 9.17) is 19.9 Å². The van der Waals surface area contributed by atoms with E-state index in [1.165, 1.54) is 12.1 Å². The van der Waals surface area contributed by atoms with E-state index in [0.717, 1.165) is 18.5 Å². The third kappa shape index (κ3) is 4.20. The van der Waals surface area contributed by atoms with Crippen molar-refractivity contribution >= 4 is 5.91 Å². The number of nitrogens with two attached hydrogens (primary N) is 1. The number of fused-ring (bicyclic) bond motifs is 1. The second kappa shape index (κ2) is 8.06. The molecule has 2 N–H and O–H groups in total. The lowest BCUT2D eigenvalue weighted by Gasteiger charge is -2.38. The number of primary amides is 1. The van der Waals surface area contributed by atoms with E-state index in [0.29, 0.717) is 30.4 Å². The van der Waals surface area contributed by atoms with Gasteiger partial charge in [-0.25, -0.2) is 4.39 Å². The first kappa shape index (κ1) is 18.6. The molecule has 0 aliphatic carbocycles. The van der Waals surface area contributed by atoms with Gasteiger partial charge in [-0.05, 0) is 48.7 Å². The molecule has 2 heterocycles. The van der Waals surface area contributed by atoms with Gasteiger partial charge in [-0.3, -0.25) is 9.69 Å². The molecular weight excluding hydrogens is 363 g/mol. The third-order valence-electron chi connectivity index (χ3n) is 5.30. The fourth-order valence-corrected chi connectivity index (χ4v) is 3.96. The number of rotatable bonds is 6. The standard InChI is InChI=1S/C21H23FN2O4/c22-16-3-1-14(2-4-16)18-7-8-24(11-21(23)25)10-15(18)12-26-17-5-6-19-20(9-17)28-13-27-19/h1-6,9,15,18H,7-8,10-13H2,(H2,23,25)/t15-,18-/m1/s1. The number of nitrogens with zero attached hydrogens (tertiary/aromatic N) is 1. The summed E-state index contributed by atoms with van der Waals surface area (Å²) in [6.07, 6.45) is 0.855. The van der Waals surface area contributed by atoms with Crippen LogP contribution in [0.25, 0.3) is 0 Å². The van der Waals surface area contributed by atoms with Crippen molar-refractivity contribution in [1.82, 2.24) is 4.90 Å². The molecule has 148 valence electrons. The van der Waals surface area contributed by atoms with Gasteiger partial charge in [0.05, 0.1) is 13.2 Å². The number of halogens is 1. The normalized spacial score (nSPS) is 21.5. The molecular formula is C21H23FN2O4. The van der Waals surface area contributed by atoms with Crippen molar-refractivity contribution in [2.24, 2.45) is 11.7 Å². The van der Waals surface area contributed by atoms with Crippen molar-refractivity contribution < 1.29 is 23.4 Å². The van der Waals surface area contributed by atoms with Crippen LogP contribution < -0.4 is 19.9 Å². The Morgan fingerprint density at radius 1 is 1.18 bits per heavy atom. The summed E-state index contributed by atoms with van der Waals surface area (Å²) in [6, 6.07) is 12.1. The number of carbonyl (C=O) groups excluding carboxylic acids is 1. The van der Waals surface area contributed by atoms with Crippen LogP contribution in [0.2, 0.25) is 0 Å². The van der Waals surface area contributed by atoms with E-state index >= 15 is 0 Å². The van der Waals surface area contributed by atoms with Crippen molar-refractivity contribution in [3.8, 4) is 17.2 Å². The monoisotopic (exact) mass is 386 g/mol. The summed E-state index contributed by atoms with van der Waals surface area (Å²) in [6.45, 7) is 2.38. The Bertz CT molecular complexity index is 843. The highest BCUT2D eigenvalue weighted by molar-refractivity contribution is 5.75. The van der Waals surface area contributed by atoms with Gasteiger partial charge in [0.1, 0.15) is 11.6 Å². The van der Waals surface area contributed by atoms with E-state index in [2.05, 4.69) is 4.90 Å². The van der Waals surface area contributed by atoms with E-state index in [1.54, 1.807) is 0 Å². The molecule has 7 heteroatoms. The van der Waals surface area contributed by atoms with Gasteiger partial charge in [0.25, 0.3) is 0 Å². The largest absolute Gasteiger partial charge is 0.493 e. The smallest absolute Gasteiger partial charge is 0.231 e. The first-order valence-corrected chi connectivity index (χ1v) is 9.37. The molecule has 1 saturated heterocycles. The maximum Gasteiger partial charge on any atom is 0.231 e. The summed E-state index contributed by atoms with van der Waals surface area (Å²) < 4.78 is 30.1. The summed E-state index contributed by atoms with van der Waals surface area (Å²) in [5.74, 6) is 1.86. The number of benzene rings is 2. The van der Waals surface area contributed by atoms with Gasteiger partial charge >= 0.3 is 0 Å². The van der Waals surface area contributed by atoms with Crippen molar-refractivity contribution in [3.05, 3.63) is 53.8 Å². The number of hydrogen-bond donors (Lipinski definition) is 1. The van der Waals surface area contributed by atoms with Gasteiger partial charge < -0.3 is 19.9 Å². The van der Waals surface area contributed by atoms with Gasteiger partial charge in [-0.2, -0.15) is 0 Å². The predicted octanol–water partition coefficient (Wildman–Crippen LogP) is 2.52. The highest BCUT2D eigenvalue weighted by atomic mass is 19.1. The average molecular weight is 386 g/mol. The second-order valence-electron chi connectivity index (χ2n) is 7.23. The molecule has 6 nitrogen and oxygen atoms in total. The quantitative estimate of drug-likeness (QED) is 0.826. The van der Waals surface area contributed by atoms with Crippen LogP contribution in [0.4, 0.5) is 4.39 Å². The fourth-order valence-electron chi connectivity index (χ4n) is 3.96. The van der Waals surface area contributed by atoms with E-state index in [9.17, 15) is 9.18 Å². The van der Waals surface area contributed by atoms with Crippen LogP contribution in [0.15, 0.2) is 42.5 Å². The number of amides is 1. The van der Waals surface area contributed by atoms with E-state index in [-0.39, 0.29) is 36.9 Å². The van der Waals surface area contributed by atoms with Crippen molar-refractivity contribution in [3.63, 3.8) is 0 Å². The Morgan fingerprint density at radius 3 is 2.75 bits per heavy atom. The lowest BCUT2D eigenvalue weighted by molar-refractivity contribution is -0.119. The number of hydrogen-bond acceptors (Lipinski definition) is 5. The number of ether oxygens (including phenoxy) is 3. The lowest BCUT2D eigenvalue weighted by Crippen LogP contribution is -2.45. The summed E-state index contributed by atoms with van der Waals surface area (Å²) in [4.78, 5) is 13.4.